The molecule has 2 saturated heterocycles. The number of unbranched alkanes of at least 4 members (excludes halogenated alkanes) is 1. The van der Waals surface area contributed by atoms with E-state index in [1.165, 1.54) is 21.9 Å². The standard InChI is InChI=1S/C66H85FN10O9.O3S/c1-6-40(3)59(79)74-52(38-43-26-30-46(67)31-27-43)65(85)76-35-13-20-54(76)61(81)71-49-32-28-44-15-7-9-17-47(44)56(49)63(83)70-34-12-11-19-51(58(68)78)73-64(84)57-48-18-10-8-16-45(48)29-33-50(57)72-62(82)55-21-14-36-77(55)66(86)53(75-60(80)41(4)69-5)37-42-24-22-39(2)23-25-42;1-4(2)3/h7-10,15-18,22-27,30-31,40-41,49-57,69H,6,11-14,19-21,28-29,32-38H2,1-5H3,(H2,68,78)(H,70,83)(H,71,81)(H,72,82)(H,73,84)(H,74,79)(H,75,80);/t40-,41+,49-,50-,51+,52+,53+,54+,55+,56+,57+;/m1./s1. The Morgan fingerprint density at radius 2 is 1.07 bits per heavy atom. The smallest absolute Gasteiger partial charge is 0.368 e. The van der Waals surface area contributed by atoms with Gasteiger partial charge in [-0.1, -0.05) is 104 Å². The van der Waals surface area contributed by atoms with E-state index in [9.17, 15) is 47.5 Å². The lowest BCUT2D eigenvalue weighted by Crippen LogP contribution is -2.58. The molecule has 2 fully saturated rings. The Hall–Kier alpha value is -8.38. The van der Waals surface area contributed by atoms with Crippen molar-refractivity contribution in [2.24, 2.45) is 11.7 Å². The summed E-state index contributed by atoms with van der Waals surface area (Å²) < 4.78 is 39.2. The number of benzene rings is 4. The molecule has 0 unspecified atom stereocenters. The van der Waals surface area contributed by atoms with E-state index in [0.29, 0.717) is 94.8 Å². The zero-order chi connectivity index (χ0) is 65.2. The molecule has 11 atom stereocenters. The van der Waals surface area contributed by atoms with Crippen LogP contribution in [0.2, 0.25) is 0 Å². The number of nitrogens with zero attached hydrogens (tertiary/aromatic N) is 2. The molecule has 0 saturated carbocycles. The van der Waals surface area contributed by atoms with E-state index < -0.39 is 106 Å². The summed E-state index contributed by atoms with van der Waals surface area (Å²) in [6.07, 6.45) is 5.77. The first kappa shape index (κ1) is 69.1. The molecule has 8 rings (SSSR count). The van der Waals surface area contributed by atoms with Crippen LogP contribution in [-0.4, -0.2) is 151 Å². The quantitative estimate of drug-likeness (QED) is 0.0443. The molecular weight excluding hydrogens is 1180 g/mol. The molecule has 0 spiro atoms. The maximum absolute atomic E-state index is 14.6. The van der Waals surface area contributed by atoms with Gasteiger partial charge in [0, 0.05) is 50.5 Å². The summed E-state index contributed by atoms with van der Waals surface area (Å²) in [5.41, 5.74) is 11.9. The van der Waals surface area contributed by atoms with E-state index in [2.05, 4.69) is 37.2 Å². The summed E-state index contributed by atoms with van der Waals surface area (Å²) in [5.74, 6) is -6.25. The largest absolute Gasteiger partial charge is 0.425 e. The molecule has 2 aliphatic carbocycles. The molecule has 0 bridgehead atoms. The second-order valence-corrected chi connectivity index (χ2v) is 24.4. The molecule has 2 heterocycles. The third kappa shape index (κ3) is 18.4. The van der Waals surface area contributed by atoms with Crippen LogP contribution in [0.3, 0.4) is 0 Å². The monoisotopic (exact) mass is 1260 g/mol. The van der Waals surface area contributed by atoms with Crippen molar-refractivity contribution >= 4 is 63.8 Å². The molecule has 4 aliphatic rings. The molecule has 2 aliphatic heterocycles. The molecule has 0 aromatic heterocycles. The van der Waals surface area contributed by atoms with E-state index in [-0.39, 0.29) is 55.4 Å². The van der Waals surface area contributed by atoms with Crippen molar-refractivity contribution in [1.29, 1.82) is 0 Å². The number of nitrogens with one attached hydrogen (secondary N) is 7. The number of primary amides is 1. The van der Waals surface area contributed by atoms with Gasteiger partial charge in [-0.2, -0.15) is 0 Å². The number of nitrogens with two attached hydrogens (primary N) is 1. The summed E-state index contributed by atoms with van der Waals surface area (Å²) in [7, 11) is -1.45. The Bertz CT molecular complexity index is 3330. The Morgan fingerprint density at radius 1 is 0.600 bits per heavy atom. The Kier molecular flexibility index (Phi) is 25.3. The molecule has 9 amide bonds. The van der Waals surface area contributed by atoms with Crippen LogP contribution < -0.4 is 43.0 Å². The highest BCUT2D eigenvalue weighted by atomic mass is 32.2. The van der Waals surface area contributed by atoms with Crippen molar-refractivity contribution in [2.45, 2.75) is 178 Å². The third-order valence-corrected chi connectivity index (χ3v) is 17.8. The number of hydrogen-bond acceptors (Lipinski definition) is 13. The molecule has 4 aromatic carbocycles. The lowest BCUT2D eigenvalue weighted by Gasteiger charge is -2.36. The second-order valence-electron chi connectivity index (χ2n) is 24.0. The van der Waals surface area contributed by atoms with Crippen molar-refractivity contribution < 1.29 is 60.2 Å². The number of rotatable bonds is 25. The van der Waals surface area contributed by atoms with Crippen molar-refractivity contribution in [3.8, 4) is 0 Å². The van der Waals surface area contributed by atoms with Gasteiger partial charge in [-0.3, -0.25) is 43.2 Å². The second kappa shape index (κ2) is 32.9. The van der Waals surface area contributed by atoms with Gasteiger partial charge in [0.05, 0.1) is 17.9 Å². The fourth-order valence-electron chi connectivity index (χ4n) is 12.5. The Morgan fingerprint density at radius 3 is 1.54 bits per heavy atom. The van der Waals surface area contributed by atoms with Gasteiger partial charge in [0.2, 0.25) is 53.2 Å². The van der Waals surface area contributed by atoms with Crippen molar-refractivity contribution in [3.05, 3.63) is 142 Å². The lowest BCUT2D eigenvalue weighted by molar-refractivity contribution is -0.142. The number of aryl methyl sites for hydroxylation is 3. The van der Waals surface area contributed by atoms with Crippen LogP contribution in [0.25, 0.3) is 0 Å². The number of likely N-dealkylation sites (tertiary alicyclic amines) is 2. The fraction of sp³-hybridized carbons (Fsp3) is 0.500. The summed E-state index contributed by atoms with van der Waals surface area (Å²) in [6.45, 7) is 8.13. The average molecular weight is 1260 g/mol. The number of likely N-dealkylation sites (N-methyl/N-ethyl adjacent to an activating group) is 1. The van der Waals surface area contributed by atoms with Gasteiger partial charge < -0.3 is 52.8 Å². The zero-order valence-electron chi connectivity index (χ0n) is 51.8. The molecule has 4 aromatic rings. The number of hydrogen-bond donors (Lipinski definition) is 8. The van der Waals surface area contributed by atoms with Gasteiger partial charge in [0.1, 0.15) is 36.0 Å². The summed E-state index contributed by atoms with van der Waals surface area (Å²) >= 11 is 0. The normalized spacial score (nSPS) is 20.8. The number of carbonyl (C=O) groups excluding carboxylic acids is 9. The summed E-state index contributed by atoms with van der Waals surface area (Å²) in [5, 5.41) is 21.0. The number of amides is 9. The van der Waals surface area contributed by atoms with Gasteiger partial charge in [-0.05, 0) is 143 Å². The van der Waals surface area contributed by atoms with Crippen LogP contribution in [0.1, 0.15) is 136 Å². The highest BCUT2D eigenvalue weighted by molar-refractivity contribution is 7.59. The van der Waals surface area contributed by atoms with Gasteiger partial charge in [0.25, 0.3) is 0 Å². The van der Waals surface area contributed by atoms with Gasteiger partial charge >= 0.3 is 10.6 Å². The van der Waals surface area contributed by atoms with Crippen LogP contribution in [0.5, 0.6) is 0 Å². The van der Waals surface area contributed by atoms with E-state index in [1.54, 1.807) is 33.0 Å². The SMILES string of the molecule is CC[C@@H](C)C(=O)N[C@@H](Cc1ccc(F)cc1)C(=O)N1CCC[C@H]1C(=O)N[C@@H]1CCc2ccccc2[C@@H]1C(=O)NCCCC[C@H](NC(=O)[C@H]1c2ccccc2CC[C@H]1NC(=O)[C@@H]1CCCN1C(=O)[C@H](Cc1ccc(C)cc1)NC(=O)[C@H](C)NC)C(N)=O.O=S(=O)=O. The molecule has 90 heavy (non-hydrogen) atoms. The lowest BCUT2D eigenvalue weighted by atomic mass is 9.78. The topological polar surface area (TPSA) is 322 Å². The first-order valence-corrected chi connectivity index (χ1v) is 32.2. The minimum atomic E-state index is -3.11. The maximum Gasteiger partial charge on any atom is 0.425 e. The Labute approximate surface area is 526 Å². The van der Waals surface area contributed by atoms with Crippen molar-refractivity contribution in [1.82, 2.24) is 47.0 Å². The van der Waals surface area contributed by atoms with E-state index >= 15 is 0 Å². The molecular formula is C66H85FN10O12S. The minimum absolute atomic E-state index is 0.105. The van der Waals surface area contributed by atoms with Crippen LogP contribution in [0.4, 0.5) is 4.39 Å². The minimum Gasteiger partial charge on any atom is -0.368 e. The number of fused-ring (bicyclic) bond motifs is 2. The third-order valence-electron chi connectivity index (χ3n) is 17.8. The van der Waals surface area contributed by atoms with Crippen LogP contribution in [0.15, 0.2) is 97.1 Å². The highest BCUT2D eigenvalue weighted by Crippen LogP contribution is 2.35. The first-order valence-electron chi connectivity index (χ1n) is 31.2. The summed E-state index contributed by atoms with van der Waals surface area (Å²) in [4.78, 5) is 129. The molecule has 22 nitrogen and oxygen atoms in total. The van der Waals surface area contributed by atoms with Gasteiger partial charge in [0.15, 0.2) is 0 Å². The number of halogens is 1. The summed E-state index contributed by atoms with van der Waals surface area (Å²) in [6, 6.07) is 21.9. The molecule has 24 heteroatoms. The van der Waals surface area contributed by atoms with E-state index in [1.807, 2.05) is 86.6 Å². The predicted molar refractivity (Wildman–Crippen MR) is 333 cm³/mol. The zero-order valence-corrected chi connectivity index (χ0v) is 52.6. The fourth-order valence-corrected chi connectivity index (χ4v) is 12.5. The van der Waals surface area contributed by atoms with E-state index in [0.717, 1.165) is 27.8 Å². The molecule has 9 N–H and O–H groups in total. The Balaban J connectivity index is 0.00000279. The van der Waals surface area contributed by atoms with Gasteiger partial charge in [-0.25, -0.2) is 4.39 Å². The van der Waals surface area contributed by atoms with Crippen molar-refractivity contribution in [3.63, 3.8) is 0 Å². The molecule has 484 valence electrons. The van der Waals surface area contributed by atoms with Crippen LogP contribution in [0, 0.1) is 18.7 Å². The molecule has 0 radical (unpaired) electrons. The predicted octanol–water partition coefficient (Wildman–Crippen LogP) is 3.21. The van der Waals surface area contributed by atoms with E-state index in [4.69, 9.17) is 18.4 Å². The maximum atomic E-state index is 14.6. The number of carbonyl (C=O) groups is 9. The highest BCUT2D eigenvalue weighted by Gasteiger charge is 2.44. The first-order chi connectivity index (χ1) is 43.1. The van der Waals surface area contributed by atoms with Crippen LogP contribution >= 0.6 is 0 Å². The van der Waals surface area contributed by atoms with Crippen LogP contribution in [-0.2, 0) is 79.4 Å². The van der Waals surface area contributed by atoms with Gasteiger partial charge in [-0.15, -0.1) is 12.6 Å². The van der Waals surface area contributed by atoms with Crippen molar-refractivity contribution in [2.75, 3.05) is 26.7 Å². The average Bonchev–Trinajstić information content (AvgIpc) is 1.28.